The second-order valence-electron chi connectivity index (χ2n) is 9.25. The van der Waals surface area contributed by atoms with E-state index in [-0.39, 0.29) is 24.5 Å². The van der Waals surface area contributed by atoms with Crippen LogP contribution in [0.1, 0.15) is 31.4 Å². The highest BCUT2D eigenvalue weighted by molar-refractivity contribution is 6.31. The summed E-state index contributed by atoms with van der Waals surface area (Å²) in [7, 11) is 0. The highest BCUT2D eigenvalue weighted by atomic mass is 35.5. The van der Waals surface area contributed by atoms with E-state index in [0.29, 0.717) is 17.4 Å². The Morgan fingerprint density at radius 2 is 1.54 bits per heavy atom. The Balaban J connectivity index is 1.53. The van der Waals surface area contributed by atoms with Gasteiger partial charge in [-0.3, -0.25) is 9.59 Å². The van der Waals surface area contributed by atoms with Gasteiger partial charge in [0, 0.05) is 29.5 Å². The lowest BCUT2D eigenvalue weighted by Crippen LogP contribution is -2.34. The van der Waals surface area contributed by atoms with Crippen LogP contribution >= 0.6 is 11.6 Å². The number of nitrogens with one attached hydrogen (secondary N) is 1. The summed E-state index contributed by atoms with van der Waals surface area (Å²) in [5, 5.41) is 8.34. The summed E-state index contributed by atoms with van der Waals surface area (Å²) in [5.41, 5.74) is 2.66. The molecule has 0 unspecified atom stereocenters. The highest BCUT2D eigenvalue weighted by Crippen LogP contribution is 2.28. The molecule has 0 aliphatic rings. The minimum absolute atomic E-state index is 0.0407. The molecule has 1 heterocycles. The van der Waals surface area contributed by atoms with Crippen LogP contribution in [0.2, 0.25) is 5.02 Å². The first-order valence-electron chi connectivity index (χ1n) is 11.6. The van der Waals surface area contributed by atoms with E-state index in [9.17, 15) is 9.59 Å². The standard InChI is InChI=1S/C29H28ClN3O2/c1-29(2,19-24(34)17-23-15-9-10-16-25(23)30)28(35)31-27-18-26(22-13-7-4-8-14-22)32-33(27)20-21-11-5-3-6-12-21/h3-16,18H,17,19-20H2,1-2H3,(H,31,35). The first-order chi connectivity index (χ1) is 16.8. The minimum Gasteiger partial charge on any atom is -0.310 e. The van der Waals surface area contributed by atoms with Gasteiger partial charge in [0.1, 0.15) is 11.6 Å². The van der Waals surface area contributed by atoms with Crippen molar-refractivity contribution in [2.75, 3.05) is 5.32 Å². The van der Waals surface area contributed by atoms with Gasteiger partial charge in [-0.15, -0.1) is 0 Å². The van der Waals surface area contributed by atoms with E-state index in [1.54, 1.807) is 24.6 Å². The fourth-order valence-electron chi connectivity index (χ4n) is 3.92. The van der Waals surface area contributed by atoms with Crippen LogP contribution in [0.5, 0.6) is 0 Å². The van der Waals surface area contributed by atoms with Crippen molar-refractivity contribution in [1.29, 1.82) is 0 Å². The quantitative estimate of drug-likeness (QED) is 0.297. The van der Waals surface area contributed by atoms with E-state index >= 15 is 0 Å². The lowest BCUT2D eigenvalue weighted by atomic mass is 9.85. The van der Waals surface area contributed by atoms with Crippen molar-refractivity contribution < 1.29 is 9.59 Å². The molecule has 0 aliphatic heterocycles. The van der Waals surface area contributed by atoms with Crippen LogP contribution in [-0.4, -0.2) is 21.5 Å². The molecule has 0 fully saturated rings. The van der Waals surface area contributed by atoms with Gasteiger partial charge in [-0.2, -0.15) is 5.10 Å². The number of amides is 1. The molecule has 0 aliphatic carbocycles. The zero-order chi connectivity index (χ0) is 24.8. The van der Waals surface area contributed by atoms with Crippen LogP contribution in [0.15, 0.2) is 91.0 Å². The van der Waals surface area contributed by atoms with Gasteiger partial charge < -0.3 is 5.32 Å². The minimum atomic E-state index is -0.910. The van der Waals surface area contributed by atoms with Crippen LogP contribution in [0, 0.1) is 5.41 Å². The predicted molar refractivity (Wildman–Crippen MR) is 140 cm³/mol. The Hall–Kier alpha value is -3.70. The average molecular weight is 486 g/mol. The van der Waals surface area contributed by atoms with Gasteiger partial charge in [0.05, 0.1) is 17.7 Å². The number of ketones is 1. The fraction of sp³-hybridized carbons (Fsp3) is 0.207. The van der Waals surface area contributed by atoms with E-state index in [1.807, 2.05) is 84.9 Å². The molecule has 0 saturated heterocycles. The molecule has 1 N–H and O–H groups in total. The normalized spacial score (nSPS) is 11.3. The Bertz CT molecular complexity index is 1310. The van der Waals surface area contributed by atoms with E-state index < -0.39 is 5.41 Å². The third kappa shape index (κ3) is 6.25. The number of Topliss-reactive ketones (excluding diaryl/α,β-unsaturated/α-hetero) is 1. The van der Waals surface area contributed by atoms with Gasteiger partial charge in [-0.1, -0.05) is 104 Å². The van der Waals surface area contributed by atoms with Crippen molar-refractivity contribution in [1.82, 2.24) is 9.78 Å². The third-order valence-electron chi connectivity index (χ3n) is 5.87. The molecule has 6 heteroatoms. The van der Waals surface area contributed by atoms with Crippen LogP contribution in [0.3, 0.4) is 0 Å². The molecule has 4 aromatic rings. The predicted octanol–water partition coefficient (Wildman–Crippen LogP) is 6.42. The summed E-state index contributed by atoms with van der Waals surface area (Å²) in [5.74, 6) is 0.309. The topological polar surface area (TPSA) is 64.0 Å². The smallest absolute Gasteiger partial charge is 0.231 e. The van der Waals surface area contributed by atoms with Gasteiger partial charge in [0.25, 0.3) is 0 Å². The molecule has 35 heavy (non-hydrogen) atoms. The SMILES string of the molecule is CC(C)(CC(=O)Cc1ccccc1Cl)C(=O)Nc1cc(-c2ccccc2)nn1Cc1ccccc1. The number of halogens is 1. The number of hydrogen-bond acceptors (Lipinski definition) is 3. The first kappa shape index (κ1) is 24.4. The van der Waals surface area contributed by atoms with Crippen LogP contribution in [0.25, 0.3) is 11.3 Å². The monoisotopic (exact) mass is 485 g/mol. The number of anilines is 1. The Kier molecular flexibility index (Phi) is 7.47. The number of carbonyl (C=O) groups is 2. The molecule has 0 atom stereocenters. The number of aromatic nitrogens is 2. The maximum atomic E-state index is 13.3. The molecule has 4 rings (SSSR count). The zero-order valence-corrected chi connectivity index (χ0v) is 20.6. The number of hydrogen-bond donors (Lipinski definition) is 1. The van der Waals surface area contributed by atoms with Crippen LogP contribution in [0.4, 0.5) is 5.82 Å². The van der Waals surface area contributed by atoms with Crippen LogP contribution in [-0.2, 0) is 22.6 Å². The van der Waals surface area contributed by atoms with Gasteiger partial charge >= 0.3 is 0 Å². The lowest BCUT2D eigenvalue weighted by Gasteiger charge is -2.23. The largest absolute Gasteiger partial charge is 0.310 e. The highest BCUT2D eigenvalue weighted by Gasteiger charge is 2.31. The van der Waals surface area contributed by atoms with Crippen molar-refractivity contribution in [3.8, 4) is 11.3 Å². The Morgan fingerprint density at radius 3 is 2.23 bits per heavy atom. The van der Waals surface area contributed by atoms with Crippen molar-refractivity contribution >= 4 is 29.1 Å². The molecular weight excluding hydrogens is 458 g/mol. The molecule has 5 nitrogen and oxygen atoms in total. The molecular formula is C29H28ClN3O2. The first-order valence-corrected chi connectivity index (χ1v) is 11.9. The molecule has 0 saturated carbocycles. The summed E-state index contributed by atoms with van der Waals surface area (Å²) in [6.45, 7) is 4.07. The van der Waals surface area contributed by atoms with Gasteiger partial charge in [-0.25, -0.2) is 4.68 Å². The van der Waals surface area contributed by atoms with Crippen molar-refractivity contribution in [3.05, 3.63) is 107 Å². The summed E-state index contributed by atoms with van der Waals surface area (Å²) in [6.07, 6.45) is 0.295. The zero-order valence-electron chi connectivity index (χ0n) is 19.9. The van der Waals surface area contributed by atoms with Crippen molar-refractivity contribution in [2.24, 2.45) is 5.41 Å². The number of benzene rings is 3. The second kappa shape index (κ2) is 10.7. The summed E-state index contributed by atoms with van der Waals surface area (Å²) < 4.78 is 1.79. The maximum Gasteiger partial charge on any atom is 0.231 e. The van der Waals surface area contributed by atoms with Gasteiger partial charge in [-0.05, 0) is 17.2 Å². The molecule has 1 amide bonds. The number of nitrogens with zero attached hydrogens (tertiary/aromatic N) is 2. The summed E-state index contributed by atoms with van der Waals surface area (Å²) in [4.78, 5) is 26.1. The summed E-state index contributed by atoms with van der Waals surface area (Å²) in [6, 6.07) is 28.9. The fourth-order valence-corrected chi connectivity index (χ4v) is 4.12. The molecule has 0 bridgehead atoms. The second-order valence-corrected chi connectivity index (χ2v) is 9.65. The lowest BCUT2D eigenvalue weighted by molar-refractivity contribution is -0.130. The molecule has 1 aromatic heterocycles. The van der Waals surface area contributed by atoms with Crippen LogP contribution < -0.4 is 5.32 Å². The van der Waals surface area contributed by atoms with Gasteiger partial charge in [0.2, 0.25) is 5.91 Å². The molecule has 178 valence electrons. The van der Waals surface area contributed by atoms with E-state index in [0.717, 1.165) is 22.4 Å². The molecule has 0 radical (unpaired) electrons. The van der Waals surface area contributed by atoms with Gasteiger partial charge in [0.15, 0.2) is 0 Å². The van der Waals surface area contributed by atoms with E-state index in [1.165, 1.54) is 0 Å². The third-order valence-corrected chi connectivity index (χ3v) is 6.23. The maximum absolute atomic E-state index is 13.3. The van der Waals surface area contributed by atoms with E-state index in [2.05, 4.69) is 5.32 Å². The molecule has 0 spiro atoms. The van der Waals surface area contributed by atoms with Crippen molar-refractivity contribution in [3.63, 3.8) is 0 Å². The average Bonchev–Trinajstić information content (AvgIpc) is 3.23. The summed E-state index contributed by atoms with van der Waals surface area (Å²) >= 11 is 6.20. The number of rotatable bonds is 9. The number of carbonyl (C=O) groups excluding carboxylic acids is 2. The van der Waals surface area contributed by atoms with Crippen molar-refractivity contribution in [2.45, 2.75) is 33.2 Å². The Morgan fingerprint density at radius 1 is 0.914 bits per heavy atom. The Labute approximate surface area is 210 Å². The van der Waals surface area contributed by atoms with E-state index in [4.69, 9.17) is 16.7 Å². The molecule has 3 aromatic carbocycles.